The lowest BCUT2D eigenvalue weighted by molar-refractivity contribution is -0.119. The lowest BCUT2D eigenvalue weighted by Gasteiger charge is -2.23. The summed E-state index contributed by atoms with van der Waals surface area (Å²) in [5.74, 6) is -0.477. The maximum Gasteiger partial charge on any atom is 0.243 e. The first-order valence-electron chi connectivity index (χ1n) is 10.2. The number of carbonyl (C=O) groups excluding carboxylic acids is 1. The number of nitrogens with one attached hydrogen (secondary N) is 1. The van der Waals surface area contributed by atoms with Crippen LogP contribution >= 0.6 is 0 Å². The van der Waals surface area contributed by atoms with Gasteiger partial charge in [0.05, 0.1) is 9.79 Å². The van der Waals surface area contributed by atoms with E-state index in [1.807, 2.05) is 0 Å². The molecule has 1 aliphatic rings. The zero-order valence-corrected chi connectivity index (χ0v) is 19.2. The summed E-state index contributed by atoms with van der Waals surface area (Å²) in [6, 6.07) is 13.2. The van der Waals surface area contributed by atoms with E-state index in [0.717, 1.165) is 0 Å². The zero-order valence-electron chi connectivity index (χ0n) is 17.6. The van der Waals surface area contributed by atoms with Crippen LogP contribution in [-0.4, -0.2) is 57.0 Å². The second kappa shape index (κ2) is 9.47. The van der Waals surface area contributed by atoms with E-state index in [0.29, 0.717) is 31.6 Å². The lowest BCUT2D eigenvalue weighted by atomic mass is 10.2. The van der Waals surface area contributed by atoms with Crippen LogP contribution in [0.15, 0.2) is 64.4 Å². The molecule has 0 aliphatic carbocycles. The van der Waals surface area contributed by atoms with Gasteiger partial charge in [-0.15, -0.1) is 0 Å². The topological polar surface area (TPSA) is 104 Å². The average molecular weight is 466 g/mol. The van der Waals surface area contributed by atoms with Crippen LogP contribution in [0.2, 0.25) is 0 Å². The van der Waals surface area contributed by atoms with E-state index in [2.05, 4.69) is 5.32 Å². The molecule has 3 rings (SSSR count). The second-order valence-corrected chi connectivity index (χ2v) is 11.0. The number of rotatable bonds is 8. The first kappa shape index (κ1) is 23.4. The number of anilines is 1. The molecule has 0 saturated carbocycles. The molecule has 0 aromatic heterocycles. The van der Waals surface area contributed by atoms with E-state index < -0.39 is 32.0 Å². The Morgan fingerprint density at radius 3 is 2.29 bits per heavy atom. The molecule has 1 N–H and O–H groups in total. The molecule has 1 heterocycles. The van der Waals surface area contributed by atoms with E-state index in [-0.39, 0.29) is 16.3 Å². The van der Waals surface area contributed by atoms with Crippen LogP contribution < -0.4 is 5.32 Å². The molecule has 1 atom stereocenters. The first-order chi connectivity index (χ1) is 14.7. The summed E-state index contributed by atoms with van der Waals surface area (Å²) in [6.45, 7) is 4.45. The van der Waals surface area contributed by atoms with E-state index in [4.69, 9.17) is 0 Å². The number of amides is 1. The molecule has 0 spiro atoms. The maximum absolute atomic E-state index is 13.0. The molecule has 1 unspecified atom stereocenters. The van der Waals surface area contributed by atoms with Crippen molar-refractivity contribution >= 4 is 31.6 Å². The van der Waals surface area contributed by atoms with Crippen molar-refractivity contribution in [3.63, 3.8) is 0 Å². The SMILES string of the molecule is CCN(CC)S(=O)(=O)c1cccc(NC(=O)C2CCCN2S(=O)(=O)c2ccccc2)c1. The Morgan fingerprint density at radius 1 is 1.00 bits per heavy atom. The van der Waals surface area contributed by atoms with Gasteiger partial charge in [0.2, 0.25) is 26.0 Å². The molecular weight excluding hydrogens is 438 g/mol. The summed E-state index contributed by atoms with van der Waals surface area (Å²) in [6.07, 6.45) is 0.968. The van der Waals surface area contributed by atoms with E-state index in [1.165, 1.54) is 32.9 Å². The average Bonchev–Trinajstić information content (AvgIpc) is 3.26. The van der Waals surface area contributed by atoms with Gasteiger partial charge in [-0.2, -0.15) is 8.61 Å². The minimum atomic E-state index is -3.80. The molecule has 2 aromatic rings. The molecule has 168 valence electrons. The number of hydrogen-bond acceptors (Lipinski definition) is 5. The molecule has 10 heteroatoms. The minimum absolute atomic E-state index is 0.0779. The predicted octanol–water partition coefficient (Wildman–Crippen LogP) is 2.51. The summed E-state index contributed by atoms with van der Waals surface area (Å²) in [4.78, 5) is 13.2. The van der Waals surface area contributed by atoms with Gasteiger partial charge in [0, 0.05) is 25.3 Å². The third kappa shape index (κ3) is 4.82. The molecule has 2 aromatic carbocycles. The molecule has 31 heavy (non-hydrogen) atoms. The Hall–Kier alpha value is -2.27. The minimum Gasteiger partial charge on any atom is -0.325 e. The molecule has 8 nitrogen and oxygen atoms in total. The van der Waals surface area contributed by atoms with Crippen LogP contribution in [0.25, 0.3) is 0 Å². The molecular formula is C21H27N3O5S2. The van der Waals surface area contributed by atoms with Crippen LogP contribution in [0.3, 0.4) is 0 Å². The standard InChI is InChI=1S/C21H27N3O5S2/c1-3-23(4-2)30(26,27)19-13-8-10-17(16-19)22-21(25)20-14-9-15-24(20)31(28,29)18-11-6-5-7-12-18/h5-8,10-13,16,20H,3-4,9,14-15H2,1-2H3,(H,22,25). The van der Waals surface area contributed by atoms with Gasteiger partial charge >= 0.3 is 0 Å². The van der Waals surface area contributed by atoms with Crippen LogP contribution in [0, 0.1) is 0 Å². The third-order valence-corrected chi connectivity index (χ3v) is 9.27. The summed E-state index contributed by atoms with van der Waals surface area (Å²) in [5.41, 5.74) is 0.308. The van der Waals surface area contributed by atoms with E-state index in [9.17, 15) is 21.6 Å². The number of hydrogen-bond donors (Lipinski definition) is 1. The van der Waals surface area contributed by atoms with Crippen molar-refractivity contribution in [3.05, 3.63) is 54.6 Å². The molecule has 1 fully saturated rings. The van der Waals surface area contributed by atoms with Crippen LogP contribution in [-0.2, 0) is 24.8 Å². The Bertz CT molecular complexity index is 1130. The fraction of sp³-hybridized carbons (Fsp3) is 0.381. The van der Waals surface area contributed by atoms with Crippen molar-refractivity contribution in [2.45, 2.75) is 42.5 Å². The number of carbonyl (C=O) groups is 1. The monoisotopic (exact) mass is 465 g/mol. The van der Waals surface area contributed by atoms with Gasteiger partial charge in [0.1, 0.15) is 6.04 Å². The van der Waals surface area contributed by atoms with Crippen molar-refractivity contribution in [1.29, 1.82) is 0 Å². The van der Waals surface area contributed by atoms with Gasteiger partial charge in [-0.3, -0.25) is 4.79 Å². The summed E-state index contributed by atoms with van der Waals surface area (Å²) in [7, 11) is -7.48. The van der Waals surface area contributed by atoms with Crippen molar-refractivity contribution in [2.75, 3.05) is 25.0 Å². The fourth-order valence-corrected chi connectivity index (χ4v) is 6.87. The van der Waals surface area contributed by atoms with Crippen LogP contribution in [0.5, 0.6) is 0 Å². The van der Waals surface area contributed by atoms with Gasteiger partial charge in [-0.05, 0) is 43.2 Å². The third-order valence-electron chi connectivity index (χ3n) is 5.30. The van der Waals surface area contributed by atoms with Gasteiger partial charge in [-0.1, -0.05) is 38.1 Å². The largest absolute Gasteiger partial charge is 0.325 e. The van der Waals surface area contributed by atoms with Crippen molar-refractivity contribution < 1.29 is 21.6 Å². The molecule has 1 saturated heterocycles. The molecule has 1 aliphatic heterocycles. The fourth-order valence-electron chi connectivity index (χ4n) is 3.69. The Morgan fingerprint density at radius 2 is 1.65 bits per heavy atom. The van der Waals surface area contributed by atoms with Gasteiger partial charge in [-0.25, -0.2) is 16.8 Å². The van der Waals surface area contributed by atoms with Gasteiger partial charge < -0.3 is 5.32 Å². The first-order valence-corrected chi connectivity index (χ1v) is 13.1. The quantitative estimate of drug-likeness (QED) is 0.645. The molecule has 1 amide bonds. The normalized spacial score (nSPS) is 17.7. The van der Waals surface area contributed by atoms with Gasteiger partial charge in [0.25, 0.3) is 0 Å². The zero-order chi connectivity index (χ0) is 22.6. The number of benzene rings is 2. The summed E-state index contributed by atoms with van der Waals surface area (Å²) in [5, 5.41) is 2.70. The van der Waals surface area contributed by atoms with E-state index in [1.54, 1.807) is 44.2 Å². The summed E-state index contributed by atoms with van der Waals surface area (Å²) < 4.78 is 54.0. The van der Waals surface area contributed by atoms with Crippen molar-refractivity contribution in [2.24, 2.45) is 0 Å². The maximum atomic E-state index is 13.0. The van der Waals surface area contributed by atoms with E-state index >= 15 is 0 Å². The molecule has 0 bridgehead atoms. The highest BCUT2D eigenvalue weighted by atomic mass is 32.2. The Balaban J connectivity index is 1.82. The predicted molar refractivity (Wildman–Crippen MR) is 119 cm³/mol. The second-order valence-electron chi connectivity index (χ2n) is 7.19. The molecule has 0 radical (unpaired) electrons. The van der Waals surface area contributed by atoms with Crippen LogP contribution in [0.4, 0.5) is 5.69 Å². The van der Waals surface area contributed by atoms with Crippen molar-refractivity contribution in [3.8, 4) is 0 Å². The lowest BCUT2D eigenvalue weighted by Crippen LogP contribution is -2.43. The number of nitrogens with zero attached hydrogens (tertiary/aromatic N) is 2. The highest BCUT2D eigenvalue weighted by Gasteiger charge is 2.39. The Labute approximate surface area is 184 Å². The van der Waals surface area contributed by atoms with Crippen molar-refractivity contribution in [1.82, 2.24) is 8.61 Å². The smallest absolute Gasteiger partial charge is 0.243 e. The Kier molecular flexibility index (Phi) is 7.15. The summed E-state index contributed by atoms with van der Waals surface area (Å²) >= 11 is 0. The highest BCUT2D eigenvalue weighted by Crippen LogP contribution is 2.27. The van der Waals surface area contributed by atoms with Crippen LogP contribution in [0.1, 0.15) is 26.7 Å². The highest BCUT2D eigenvalue weighted by molar-refractivity contribution is 7.89. The number of sulfonamides is 2. The van der Waals surface area contributed by atoms with Gasteiger partial charge in [0.15, 0.2) is 0 Å².